The largest absolute Gasteiger partial charge is 0.462 e. The maximum atomic E-state index is 13.6. The third-order valence-electron chi connectivity index (χ3n) is 3.26. The summed E-state index contributed by atoms with van der Waals surface area (Å²) < 4.78 is 18.4. The molecular formula is C18H19O3P. The predicted octanol–water partition coefficient (Wildman–Crippen LogP) is 3.12. The molecule has 0 aromatic heterocycles. The molecular weight excluding hydrogens is 295 g/mol. The molecule has 0 spiro atoms. The van der Waals surface area contributed by atoms with Gasteiger partial charge >= 0.3 is 5.97 Å². The van der Waals surface area contributed by atoms with Crippen LogP contribution in [0.1, 0.15) is 6.92 Å². The van der Waals surface area contributed by atoms with Gasteiger partial charge in [0.15, 0.2) is 0 Å². The summed E-state index contributed by atoms with van der Waals surface area (Å²) in [4.78, 5) is 10.7. The van der Waals surface area contributed by atoms with Crippen molar-refractivity contribution in [2.45, 2.75) is 6.92 Å². The van der Waals surface area contributed by atoms with Crippen molar-refractivity contribution < 1.29 is 14.1 Å². The van der Waals surface area contributed by atoms with Crippen LogP contribution in [0, 0.1) is 0 Å². The van der Waals surface area contributed by atoms with Crippen molar-refractivity contribution in [2.75, 3.05) is 12.8 Å². The first-order chi connectivity index (χ1) is 10.6. The monoisotopic (exact) mass is 314 g/mol. The first-order valence-electron chi connectivity index (χ1n) is 7.11. The van der Waals surface area contributed by atoms with Crippen LogP contribution in [-0.4, -0.2) is 18.7 Å². The molecule has 0 atom stereocenters. The summed E-state index contributed by atoms with van der Waals surface area (Å²) >= 11 is 0. The van der Waals surface area contributed by atoms with Crippen LogP contribution in [0.25, 0.3) is 0 Å². The third kappa shape index (κ3) is 4.19. The summed E-state index contributed by atoms with van der Waals surface area (Å²) in [6.45, 7) is 1.57. The number of ether oxygens (including phenoxy) is 1. The standard InChI is InChI=1S/C18H19O3P/c1-16(19)21-14-8-9-15-22(20,17-10-4-2-5-11-17)18-12-6-3-7-13-18/h2-13H,14-15H2,1H3/b9-8-. The lowest BCUT2D eigenvalue weighted by Crippen LogP contribution is -2.17. The second kappa shape index (κ2) is 7.77. The fourth-order valence-corrected chi connectivity index (χ4v) is 4.63. The van der Waals surface area contributed by atoms with Crippen LogP contribution >= 0.6 is 7.14 Å². The Labute approximate surface area is 131 Å². The van der Waals surface area contributed by atoms with Crippen LogP contribution in [0.2, 0.25) is 0 Å². The Morgan fingerprint density at radius 1 is 0.955 bits per heavy atom. The van der Waals surface area contributed by atoms with Gasteiger partial charge in [0, 0.05) is 23.7 Å². The van der Waals surface area contributed by atoms with Gasteiger partial charge in [0.1, 0.15) is 13.7 Å². The minimum absolute atomic E-state index is 0.207. The van der Waals surface area contributed by atoms with E-state index < -0.39 is 7.14 Å². The van der Waals surface area contributed by atoms with E-state index in [0.717, 1.165) is 10.6 Å². The van der Waals surface area contributed by atoms with Crippen LogP contribution in [0.3, 0.4) is 0 Å². The van der Waals surface area contributed by atoms with Crippen LogP contribution in [0.15, 0.2) is 72.8 Å². The van der Waals surface area contributed by atoms with E-state index in [1.807, 2.05) is 66.7 Å². The van der Waals surface area contributed by atoms with Crippen LogP contribution in [0.5, 0.6) is 0 Å². The highest BCUT2D eigenvalue weighted by molar-refractivity contribution is 7.78. The van der Waals surface area contributed by atoms with Crippen LogP contribution < -0.4 is 10.6 Å². The number of benzene rings is 2. The van der Waals surface area contributed by atoms with E-state index in [-0.39, 0.29) is 12.6 Å². The molecule has 0 unspecified atom stereocenters. The van der Waals surface area contributed by atoms with Gasteiger partial charge in [-0.1, -0.05) is 72.8 Å². The maximum Gasteiger partial charge on any atom is 0.302 e. The highest BCUT2D eigenvalue weighted by Gasteiger charge is 2.25. The number of rotatable bonds is 6. The first-order valence-corrected chi connectivity index (χ1v) is 9.01. The summed E-state index contributed by atoms with van der Waals surface area (Å²) in [6.07, 6.45) is 3.96. The van der Waals surface area contributed by atoms with Crippen LogP contribution in [-0.2, 0) is 14.1 Å². The van der Waals surface area contributed by atoms with E-state index in [0.29, 0.717) is 6.16 Å². The SMILES string of the molecule is CC(=O)OC/C=C\CP(=O)(c1ccccc1)c1ccccc1. The zero-order chi connectivity index (χ0) is 15.8. The third-order valence-corrected chi connectivity index (χ3v) is 6.25. The van der Waals surface area contributed by atoms with Crippen molar-refractivity contribution in [1.29, 1.82) is 0 Å². The zero-order valence-corrected chi connectivity index (χ0v) is 13.4. The molecule has 114 valence electrons. The molecule has 0 saturated heterocycles. The van der Waals surface area contributed by atoms with Gasteiger partial charge in [0.25, 0.3) is 0 Å². The van der Waals surface area contributed by atoms with Gasteiger partial charge in [-0.05, 0) is 0 Å². The average Bonchev–Trinajstić information content (AvgIpc) is 2.55. The number of carbonyl (C=O) groups is 1. The molecule has 22 heavy (non-hydrogen) atoms. The number of hydrogen-bond acceptors (Lipinski definition) is 3. The first kappa shape index (κ1) is 16.3. The molecule has 0 bridgehead atoms. The Morgan fingerprint density at radius 3 is 1.91 bits per heavy atom. The molecule has 2 aromatic rings. The van der Waals surface area contributed by atoms with Gasteiger partial charge in [0.2, 0.25) is 0 Å². The molecule has 0 N–H and O–H groups in total. The molecule has 0 saturated carbocycles. The fourth-order valence-electron chi connectivity index (χ4n) is 2.15. The lowest BCUT2D eigenvalue weighted by atomic mass is 10.4. The molecule has 0 aliphatic carbocycles. The molecule has 4 heteroatoms. The van der Waals surface area contributed by atoms with Gasteiger partial charge in [-0.2, -0.15) is 0 Å². The van der Waals surface area contributed by atoms with E-state index in [1.165, 1.54) is 6.92 Å². The highest BCUT2D eigenvalue weighted by atomic mass is 31.2. The van der Waals surface area contributed by atoms with Gasteiger partial charge in [-0.15, -0.1) is 0 Å². The molecule has 2 aromatic carbocycles. The van der Waals surface area contributed by atoms with E-state index in [2.05, 4.69) is 0 Å². The Kier molecular flexibility index (Phi) is 5.74. The Bertz CT molecular complexity index is 634. The number of esters is 1. The highest BCUT2D eigenvalue weighted by Crippen LogP contribution is 2.43. The van der Waals surface area contributed by atoms with Crippen molar-refractivity contribution in [2.24, 2.45) is 0 Å². The van der Waals surface area contributed by atoms with Crippen molar-refractivity contribution in [1.82, 2.24) is 0 Å². The lowest BCUT2D eigenvalue weighted by molar-refractivity contribution is -0.139. The van der Waals surface area contributed by atoms with Crippen molar-refractivity contribution in [3.63, 3.8) is 0 Å². The van der Waals surface area contributed by atoms with E-state index in [4.69, 9.17) is 4.74 Å². The topological polar surface area (TPSA) is 43.4 Å². The van der Waals surface area contributed by atoms with Crippen LogP contribution in [0.4, 0.5) is 0 Å². The minimum Gasteiger partial charge on any atom is -0.462 e. The molecule has 0 heterocycles. The molecule has 0 radical (unpaired) electrons. The lowest BCUT2D eigenvalue weighted by Gasteiger charge is -2.17. The van der Waals surface area contributed by atoms with E-state index in [1.54, 1.807) is 6.08 Å². The zero-order valence-electron chi connectivity index (χ0n) is 12.5. The normalized spacial score (nSPS) is 11.5. The smallest absolute Gasteiger partial charge is 0.302 e. The Morgan fingerprint density at radius 2 is 1.45 bits per heavy atom. The second-order valence-corrected chi connectivity index (χ2v) is 7.74. The quantitative estimate of drug-likeness (QED) is 0.467. The minimum atomic E-state index is -2.72. The fraction of sp³-hybridized carbons (Fsp3) is 0.167. The van der Waals surface area contributed by atoms with E-state index in [9.17, 15) is 9.36 Å². The predicted molar refractivity (Wildman–Crippen MR) is 90.4 cm³/mol. The molecule has 0 amide bonds. The van der Waals surface area contributed by atoms with Crippen molar-refractivity contribution in [3.05, 3.63) is 72.8 Å². The molecule has 0 fully saturated rings. The summed E-state index contributed by atoms with van der Waals surface area (Å²) in [6, 6.07) is 19.0. The van der Waals surface area contributed by atoms with Gasteiger partial charge in [0.05, 0.1) is 0 Å². The van der Waals surface area contributed by atoms with Gasteiger partial charge in [-0.25, -0.2) is 0 Å². The summed E-state index contributed by atoms with van der Waals surface area (Å²) in [5.41, 5.74) is 0. The maximum absolute atomic E-state index is 13.6. The number of allylic oxidation sites excluding steroid dienone is 1. The number of carbonyl (C=O) groups excluding carboxylic acids is 1. The van der Waals surface area contributed by atoms with Gasteiger partial charge < -0.3 is 9.30 Å². The average molecular weight is 314 g/mol. The summed E-state index contributed by atoms with van der Waals surface area (Å²) in [7, 11) is -2.72. The molecule has 3 nitrogen and oxygen atoms in total. The number of hydrogen-bond donors (Lipinski definition) is 0. The summed E-state index contributed by atoms with van der Waals surface area (Å²) in [5, 5.41) is 1.66. The van der Waals surface area contributed by atoms with Crippen molar-refractivity contribution >= 4 is 23.7 Å². The molecule has 2 rings (SSSR count). The van der Waals surface area contributed by atoms with E-state index >= 15 is 0 Å². The molecule has 0 aliphatic rings. The second-order valence-electron chi connectivity index (χ2n) is 4.87. The van der Waals surface area contributed by atoms with Gasteiger partial charge in [-0.3, -0.25) is 4.79 Å². The summed E-state index contributed by atoms with van der Waals surface area (Å²) in [5.74, 6) is -0.320. The molecule has 0 aliphatic heterocycles. The Hall–Kier alpha value is -2.12. The Balaban J connectivity index is 2.24. The van der Waals surface area contributed by atoms with Crippen molar-refractivity contribution in [3.8, 4) is 0 Å².